The molecule has 1 aromatic heterocycles. The van der Waals surface area contributed by atoms with Gasteiger partial charge in [0.2, 0.25) is 4.77 Å². The van der Waals surface area contributed by atoms with Crippen molar-refractivity contribution in [2.45, 2.75) is 32.4 Å². The molecule has 1 aromatic carbocycles. The van der Waals surface area contributed by atoms with Crippen molar-refractivity contribution in [3.63, 3.8) is 0 Å². The Morgan fingerprint density at radius 1 is 0.903 bits per heavy atom. The maximum Gasteiger partial charge on any atom is 0.282 e. The molecule has 0 radical (unpaired) electrons. The van der Waals surface area contributed by atoms with Crippen molar-refractivity contribution in [2.24, 2.45) is 0 Å². The molecular formula is C21H30N6O2S2. The topological polar surface area (TPSA) is 77.5 Å². The molecule has 31 heavy (non-hydrogen) atoms. The fourth-order valence-corrected chi connectivity index (χ4v) is 5.89. The highest BCUT2D eigenvalue weighted by Crippen LogP contribution is 2.18. The van der Waals surface area contributed by atoms with Gasteiger partial charge < -0.3 is 0 Å². The molecule has 4 rings (SSSR count). The summed E-state index contributed by atoms with van der Waals surface area (Å²) in [7, 11) is -3.36. The summed E-state index contributed by atoms with van der Waals surface area (Å²) in [5.41, 5.74) is 1.10. The van der Waals surface area contributed by atoms with Gasteiger partial charge in [0.15, 0.2) is 0 Å². The number of aromatic nitrogens is 3. The highest BCUT2D eigenvalue weighted by molar-refractivity contribution is 7.86. The van der Waals surface area contributed by atoms with E-state index in [2.05, 4.69) is 15.0 Å². The third-order valence-corrected chi connectivity index (χ3v) is 8.17. The molecule has 8 nitrogen and oxygen atoms in total. The minimum Gasteiger partial charge on any atom is -0.282 e. The van der Waals surface area contributed by atoms with Crippen molar-refractivity contribution >= 4 is 34.6 Å². The highest BCUT2D eigenvalue weighted by Gasteiger charge is 2.32. The Kier molecular flexibility index (Phi) is 7.34. The summed E-state index contributed by atoms with van der Waals surface area (Å²) in [4.78, 5) is 6.61. The number of H-pyrrole nitrogens is 1. The highest BCUT2D eigenvalue weighted by atomic mass is 32.2. The number of hydrogen-bond acceptors (Lipinski definition) is 5. The van der Waals surface area contributed by atoms with Crippen molar-refractivity contribution in [2.75, 3.05) is 39.3 Å². The predicted molar refractivity (Wildman–Crippen MR) is 125 cm³/mol. The number of rotatable bonds is 6. The van der Waals surface area contributed by atoms with Crippen molar-refractivity contribution in [1.29, 1.82) is 0 Å². The Morgan fingerprint density at radius 3 is 2.23 bits per heavy atom. The van der Waals surface area contributed by atoms with Gasteiger partial charge in [-0.1, -0.05) is 49.2 Å². The molecule has 2 aromatic rings. The Bertz CT molecular complexity index is 1030. The van der Waals surface area contributed by atoms with Crippen LogP contribution in [-0.4, -0.2) is 76.0 Å². The normalized spacial score (nSPS) is 20.3. The monoisotopic (exact) mass is 462 g/mol. The lowest BCUT2D eigenvalue weighted by atomic mass is 10.2. The summed E-state index contributed by atoms with van der Waals surface area (Å²) in [5, 5.41) is 3.23. The first-order valence-electron chi connectivity index (χ1n) is 10.9. The molecule has 2 saturated heterocycles. The zero-order chi connectivity index (χ0) is 21.7. The quantitative estimate of drug-likeness (QED) is 0.668. The molecule has 0 saturated carbocycles. The van der Waals surface area contributed by atoms with Crippen molar-refractivity contribution in [3.8, 4) is 0 Å². The largest absolute Gasteiger partial charge is 0.282 e. The number of nitrogens with zero attached hydrogens (tertiary/aromatic N) is 5. The summed E-state index contributed by atoms with van der Waals surface area (Å²) in [6.07, 6.45) is 8.05. The fraction of sp³-hybridized carbons (Fsp3) is 0.524. The van der Waals surface area contributed by atoms with E-state index in [4.69, 9.17) is 12.2 Å². The third kappa shape index (κ3) is 5.69. The number of aromatic amines is 1. The lowest BCUT2D eigenvalue weighted by Crippen LogP contribution is -2.53. The molecule has 0 aliphatic carbocycles. The zero-order valence-corrected chi connectivity index (χ0v) is 19.3. The van der Waals surface area contributed by atoms with Gasteiger partial charge in [-0.3, -0.25) is 10.00 Å². The standard InChI is InChI=1S/C21H30N6O2S2/c28-31(29,25-12-6-1-2-7-13-25)26-16-14-24(15-17-26)18-27-21(30)22-20(23-27)11-10-19-8-4-3-5-9-19/h3-5,8-11H,1-2,6-7,12-18H2,(H,22,23,30)/b11-10+. The Labute approximate surface area is 189 Å². The van der Waals surface area contributed by atoms with Gasteiger partial charge in [-0.25, -0.2) is 4.68 Å². The predicted octanol–water partition coefficient (Wildman–Crippen LogP) is 2.81. The first-order chi connectivity index (χ1) is 15.0. The average molecular weight is 463 g/mol. The Hall–Kier alpha value is -1.85. The maximum atomic E-state index is 13.0. The molecule has 0 spiro atoms. The zero-order valence-electron chi connectivity index (χ0n) is 17.7. The second-order valence-electron chi connectivity index (χ2n) is 8.04. The maximum absolute atomic E-state index is 13.0. The third-order valence-electron chi connectivity index (χ3n) is 5.82. The smallest absolute Gasteiger partial charge is 0.282 e. The van der Waals surface area contributed by atoms with Crippen LogP contribution in [0.2, 0.25) is 0 Å². The van der Waals surface area contributed by atoms with Crippen molar-refractivity contribution < 1.29 is 8.42 Å². The van der Waals surface area contributed by atoms with Gasteiger partial charge in [0.1, 0.15) is 5.82 Å². The fourth-order valence-electron chi connectivity index (χ4n) is 4.02. The van der Waals surface area contributed by atoms with E-state index in [1.54, 1.807) is 8.61 Å². The Balaban J connectivity index is 1.33. The van der Waals surface area contributed by atoms with Crippen LogP contribution in [0.3, 0.4) is 0 Å². The number of nitrogens with one attached hydrogen (secondary N) is 1. The van der Waals surface area contributed by atoms with Gasteiger partial charge in [-0.15, -0.1) is 0 Å². The second-order valence-corrected chi connectivity index (χ2v) is 10.3. The van der Waals surface area contributed by atoms with Gasteiger partial charge in [-0.2, -0.15) is 22.0 Å². The SMILES string of the molecule is O=S(=O)(N1CCCCCC1)N1CCN(Cn2[nH]c(/C=C/c3ccccc3)nc2=S)CC1. The van der Waals surface area contributed by atoms with Crippen LogP contribution in [0, 0.1) is 4.77 Å². The van der Waals surface area contributed by atoms with Gasteiger partial charge >= 0.3 is 0 Å². The first-order valence-corrected chi connectivity index (χ1v) is 12.7. The molecule has 2 fully saturated rings. The molecule has 3 heterocycles. The van der Waals surface area contributed by atoms with Crippen LogP contribution in [0.15, 0.2) is 30.3 Å². The van der Waals surface area contributed by atoms with Crippen LogP contribution in [0.1, 0.15) is 37.1 Å². The van der Waals surface area contributed by atoms with E-state index < -0.39 is 10.2 Å². The van der Waals surface area contributed by atoms with E-state index in [1.807, 2.05) is 47.2 Å². The number of benzene rings is 1. The lowest BCUT2D eigenvalue weighted by molar-refractivity contribution is 0.140. The summed E-state index contributed by atoms with van der Waals surface area (Å²) in [6, 6.07) is 10.0. The minimum absolute atomic E-state index is 0.493. The summed E-state index contributed by atoms with van der Waals surface area (Å²) in [5.74, 6) is 0.705. The first kappa shape index (κ1) is 22.3. The van der Waals surface area contributed by atoms with Crippen LogP contribution >= 0.6 is 12.2 Å². The van der Waals surface area contributed by atoms with Gasteiger partial charge in [-0.05, 0) is 36.7 Å². The van der Waals surface area contributed by atoms with Gasteiger partial charge in [0.25, 0.3) is 10.2 Å². The van der Waals surface area contributed by atoms with Gasteiger partial charge in [0.05, 0.1) is 6.67 Å². The van der Waals surface area contributed by atoms with Crippen LogP contribution in [0.5, 0.6) is 0 Å². The molecule has 2 aliphatic heterocycles. The molecule has 168 valence electrons. The molecule has 2 aliphatic rings. The van der Waals surface area contributed by atoms with Crippen molar-refractivity contribution in [1.82, 2.24) is 28.3 Å². The van der Waals surface area contributed by atoms with Crippen LogP contribution in [-0.2, 0) is 16.9 Å². The minimum atomic E-state index is -3.36. The van der Waals surface area contributed by atoms with E-state index in [-0.39, 0.29) is 0 Å². The molecule has 0 unspecified atom stereocenters. The Morgan fingerprint density at radius 2 is 1.55 bits per heavy atom. The van der Waals surface area contributed by atoms with Crippen LogP contribution in [0.4, 0.5) is 0 Å². The number of hydrogen-bond donors (Lipinski definition) is 1. The molecule has 10 heteroatoms. The lowest BCUT2D eigenvalue weighted by Gasteiger charge is -2.36. The molecule has 0 amide bonds. The molecule has 0 bridgehead atoms. The van der Waals surface area contributed by atoms with Crippen molar-refractivity contribution in [3.05, 3.63) is 46.5 Å². The van der Waals surface area contributed by atoms with E-state index in [9.17, 15) is 8.42 Å². The summed E-state index contributed by atoms with van der Waals surface area (Å²) in [6.45, 7) is 4.20. The van der Waals surface area contributed by atoms with Crippen LogP contribution in [0.25, 0.3) is 12.2 Å². The molecule has 1 N–H and O–H groups in total. The number of piperazine rings is 1. The van der Waals surface area contributed by atoms with Crippen LogP contribution < -0.4 is 0 Å². The average Bonchev–Trinajstić information content (AvgIpc) is 2.97. The van der Waals surface area contributed by atoms with E-state index in [0.717, 1.165) is 31.2 Å². The second kappa shape index (κ2) is 10.2. The van der Waals surface area contributed by atoms with Gasteiger partial charge in [0, 0.05) is 39.3 Å². The van der Waals surface area contributed by atoms with E-state index in [1.165, 1.54) is 0 Å². The summed E-state index contributed by atoms with van der Waals surface area (Å²) >= 11 is 5.40. The molecule has 0 atom stereocenters. The summed E-state index contributed by atoms with van der Waals surface area (Å²) < 4.78 is 31.6. The van der Waals surface area contributed by atoms with E-state index in [0.29, 0.717) is 56.5 Å². The molecular weight excluding hydrogens is 432 g/mol. The van der Waals surface area contributed by atoms with E-state index >= 15 is 0 Å².